The van der Waals surface area contributed by atoms with E-state index in [4.69, 9.17) is 0 Å². The third-order valence-electron chi connectivity index (χ3n) is 3.54. The van der Waals surface area contributed by atoms with Crippen molar-refractivity contribution in [1.29, 1.82) is 0 Å². The van der Waals surface area contributed by atoms with Gasteiger partial charge in [-0.1, -0.05) is 12.1 Å². The normalized spacial score (nSPS) is 13.4. The standard InChI is InChI=1S/C17H15F4NO2/c1-17(24,11-2-4-12(18)5-3-11)9-22-16(23)7-10-6-14(20)15(21)8-13(10)19/h2-6,8,24H,7,9H2,1H3,(H,22,23). The summed E-state index contributed by atoms with van der Waals surface area (Å²) in [6.45, 7) is 1.20. The van der Waals surface area contributed by atoms with E-state index in [1.807, 2.05) is 0 Å². The summed E-state index contributed by atoms with van der Waals surface area (Å²) in [5.41, 5.74) is -1.40. The molecule has 3 nitrogen and oxygen atoms in total. The molecule has 0 heterocycles. The molecule has 0 saturated heterocycles. The van der Waals surface area contributed by atoms with Crippen LogP contribution in [0.5, 0.6) is 0 Å². The first-order valence-corrected chi connectivity index (χ1v) is 7.07. The van der Waals surface area contributed by atoms with Crippen LogP contribution in [0, 0.1) is 23.3 Å². The van der Waals surface area contributed by atoms with Gasteiger partial charge in [-0.05, 0) is 30.7 Å². The Labute approximate surface area is 135 Å². The van der Waals surface area contributed by atoms with Crippen LogP contribution in [0.2, 0.25) is 0 Å². The lowest BCUT2D eigenvalue weighted by Gasteiger charge is -2.24. The number of amides is 1. The maximum absolute atomic E-state index is 13.5. The Morgan fingerprint density at radius 1 is 1.04 bits per heavy atom. The SMILES string of the molecule is CC(O)(CNC(=O)Cc1cc(F)c(F)cc1F)c1ccc(F)cc1. The maximum atomic E-state index is 13.5. The molecule has 0 saturated carbocycles. The van der Waals surface area contributed by atoms with E-state index in [1.54, 1.807) is 0 Å². The van der Waals surface area contributed by atoms with Gasteiger partial charge in [-0.25, -0.2) is 17.6 Å². The van der Waals surface area contributed by atoms with Gasteiger partial charge >= 0.3 is 0 Å². The second-order valence-corrected chi connectivity index (χ2v) is 5.59. The number of rotatable bonds is 5. The fourth-order valence-electron chi connectivity index (χ4n) is 2.12. The topological polar surface area (TPSA) is 49.3 Å². The van der Waals surface area contributed by atoms with E-state index in [0.29, 0.717) is 17.7 Å². The zero-order valence-corrected chi connectivity index (χ0v) is 12.7. The van der Waals surface area contributed by atoms with Gasteiger partial charge in [0.1, 0.15) is 17.2 Å². The van der Waals surface area contributed by atoms with Crippen LogP contribution >= 0.6 is 0 Å². The zero-order chi connectivity index (χ0) is 17.9. The quantitative estimate of drug-likeness (QED) is 0.649. The highest BCUT2D eigenvalue weighted by Crippen LogP contribution is 2.20. The summed E-state index contributed by atoms with van der Waals surface area (Å²) >= 11 is 0. The number of benzene rings is 2. The van der Waals surface area contributed by atoms with E-state index in [2.05, 4.69) is 5.32 Å². The Morgan fingerprint density at radius 2 is 1.62 bits per heavy atom. The molecule has 0 aliphatic carbocycles. The fraction of sp³-hybridized carbons (Fsp3) is 0.235. The van der Waals surface area contributed by atoms with Gasteiger partial charge in [-0.2, -0.15) is 0 Å². The van der Waals surface area contributed by atoms with E-state index in [0.717, 1.165) is 0 Å². The minimum atomic E-state index is -1.48. The highest BCUT2D eigenvalue weighted by molar-refractivity contribution is 5.78. The summed E-state index contributed by atoms with van der Waals surface area (Å²) in [5, 5.41) is 12.7. The zero-order valence-electron chi connectivity index (χ0n) is 12.7. The van der Waals surface area contributed by atoms with Crippen molar-refractivity contribution in [2.75, 3.05) is 6.54 Å². The van der Waals surface area contributed by atoms with Crippen molar-refractivity contribution in [3.8, 4) is 0 Å². The van der Waals surface area contributed by atoms with Crippen LogP contribution in [-0.2, 0) is 16.8 Å². The first-order chi connectivity index (χ1) is 11.2. The van der Waals surface area contributed by atoms with Gasteiger partial charge in [0.05, 0.1) is 13.0 Å². The number of carbonyl (C=O) groups is 1. The van der Waals surface area contributed by atoms with E-state index in [1.165, 1.54) is 31.2 Å². The molecule has 0 spiro atoms. The Balaban J connectivity index is 2.00. The second kappa shape index (κ2) is 7.00. The molecule has 0 bridgehead atoms. The molecule has 2 rings (SSSR count). The van der Waals surface area contributed by atoms with E-state index >= 15 is 0 Å². The Hall–Kier alpha value is -2.41. The number of aliphatic hydroxyl groups is 1. The molecular formula is C17H15F4NO2. The second-order valence-electron chi connectivity index (χ2n) is 5.59. The molecule has 0 fully saturated rings. The van der Waals surface area contributed by atoms with Gasteiger partial charge in [0.15, 0.2) is 11.6 Å². The van der Waals surface area contributed by atoms with Crippen LogP contribution in [0.1, 0.15) is 18.1 Å². The molecule has 0 radical (unpaired) electrons. The van der Waals surface area contributed by atoms with Gasteiger partial charge in [0.25, 0.3) is 0 Å². The number of hydrogen-bond acceptors (Lipinski definition) is 2. The summed E-state index contributed by atoms with van der Waals surface area (Å²) in [6, 6.07) is 6.06. The van der Waals surface area contributed by atoms with Gasteiger partial charge in [0.2, 0.25) is 5.91 Å². The number of carbonyl (C=O) groups excluding carboxylic acids is 1. The lowest BCUT2D eigenvalue weighted by molar-refractivity contribution is -0.121. The van der Waals surface area contributed by atoms with Crippen LogP contribution < -0.4 is 5.32 Å². The maximum Gasteiger partial charge on any atom is 0.224 e. The van der Waals surface area contributed by atoms with Crippen molar-refractivity contribution >= 4 is 5.91 Å². The van der Waals surface area contributed by atoms with Gasteiger partial charge in [-0.3, -0.25) is 4.79 Å². The average Bonchev–Trinajstić information content (AvgIpc) is 2.51. The lowest BCUT2D eigenvalue weighted by atomic mass is 9.96. The highest BCUT2D eigenvalue weighted by Gasteiger charge is 2.24. The molecule has 2 N–H and O–H groups in total. The molecule has 128 valence electrons. The van der Waals surface area contributed by atoms with E-state index in [9.17, 15) is 27.5 Å². The summed E-state index contributed by atoms with van der Waals surface area (Å²) in [7, 11) is 0. The Morgan fingerprint density at radius 3 is 2.25 bits per heavy atom. The van der Waals surface area contributed by atoms with Crippen molar-refractivity contribution in [1.82, 2.24) is 5.32 Å². The molecule has 7 heteroatoms. The predicted octanol–water partition coefficient (Wildman–Crippen LogP) is 2.81. The van der Waals surface area contributed by atoms with E-state index < -0.39 is 41.2 Å². The number of halogens is 4. The highest BCUT2D eigenvalue weighted by atomic mass is 19.2. The molecule has 1 atom stereocenters. The molecule has 0 aromatic heterocycles. The molecule has 0 aliphatic heterocycles. The van der Waals surface area contributed by atoms with Crippen molar-refractivity contribution in [3.63, 3.8) is 0 Å². The summed E-state index contributed by atoms with van der Waals surface area (Å²) < 4.78 is 52.3. The predicted molar refractivity (Wildman–Crippen MR) is 79.0 cm³/mol. The largest absolute Gasteiger partial charge is 0.384 e. The average molecular weight is 341 g/mol. The van der Waals surface area contributed by atoms with Gasteiger partial charge in [-0.15, -0.1) is 0 Å². The molecule has 1 amide bonds. The summed E-state index contributed by atoms with van der Waals surface area (Å²) in [5.74, 6) is -4.77. The van der Waals surface area contributed by atoms with Crippen LogP contribution in [0.15, 0.2) is 36.4 Å². The molecule has 24 heavy (non-hydrogen) atoms. The van der Waals surface area contributed by atoms with Crippen LogP contribution in [-0.4, -0.2) is 17.6 Å². The third kappa shape index (κ3) is 4.32. The van der Waals surface area contributed by atoms with Crippen molar-refractivity contribution in [2.45, 2.75) is 18.9 Å². The first kappa shape index (κ1) is 17.9. The molecule has 2 aromatic carbocycles. The van der Waals surface area contributed by atoms with Gasteiger partial charge < -0.3 is 10.4 Å². The Kier molecular flexibility index (Phi) is 5.23. The minimum absolute atomic E-state index is 0.219. The summed E-state index contributed by atoms with van der Waals surface area (Å²) in [6.07, 6.45) is -0.511. The molecule has 1 unspecified atom stereocenters. The smallest absolute Gasteiger partial charge is 0.224 e. The monoisotopic (exact) mass is 341 g/mol. The van der Waals surface area contributed by atoms with Gasteiger partial charge in [0, 0.05) is 11.6 Å². The van der Waals surface area contributed by atoms with Crippen LogP contribution in [0.4, 0.5) is 17.6 Å². The number of nitrogens with one attached hydrogen (secondary N) is 1. The molecular weight excluding hydrogens is 326 g/mol. The first-order valence-electron chi connectivity index (χ1n) is 7.07. The number of hydrogen-bond donors (Lipinski definition) is 2. The van der Waals surface area contributed by atoms with Crippen LogP contribution in [0.25, 0.3) is 0 Å². The lowest BCUT2D eigenvalue weighted by Crippen LogP contribution is -2.39. The van der Waals surface area contributed by atoms with Crippen molar-refractivity contribution < 1.29 is 27.5 Å². The summed E-state index contributed by atoms with van der Waals surface area (Å²) in [4.78, 5) is 11.8. The molecule has 2 aromatic rings. The Bertz CT molecular complexity index is 745. The van der Waals surface area contributed by atoms with E-state index in [-0.39, 0.29) is 12.1 Å². The third-order valence-corrected chi connectivity index (χ3v) is 3.54. The fourth-order valence-corrected chi connectivity index (χ4v) is 2.12. The van der Waals surface area contributed by atoms with Crippen LogP contribution in [0.3, 0.4) is 0 Å². The molecule has 0 aliphatic rings. The van der Waals surface area contributed by atoms with Crippen molar-refractivity contribution in [3.05, 3.63) is 70.8 Å². The van der Waals surface area contributed by atoms with Crippen molar-refractivity contribution in [2.24, 2.45) is 0 Å². The minimum Gasteiger partial charge on any atom is -0.384 e.